The standard InChI is InChI=1S/C7H4Cl4O6/c8-4-2(15-6(13)17-4)1-3(7(9,10)11)16-5(12)14-1/h1-4H/t1-,2-,3+,4+/m1/s1. The largest absolute Gasteiger partial charge is 0.510 e. The SMILES string of the molecule is O=C1O[C@H]([C@H]2OC(=O)O[C@@H]2C(Cl)(Cl)Cl)[C@@H](Cl)O1. The molecule has 2 aliphatic heterocycles. The first kappa shape index (κ1) is 13.1. The fourth-order valence-electron chi connectivity index (χ4n) is 1.43. The highest BCUT2D eigenvalue weighted by molar-refractivity contribution is 6.68. The molecule has 17 heavy (non-hydrogen) atoms. The second-order valence-corrected chi connectivity index (χ2v) is 6.01. The summed E-state index contributed by atoms with van der Waals surface area (Å²) >= 11 is 22.5. The molecule has 96 valence electrons. The average Bonchev–Trinajstić information content (AvgIpc) is 2.68. The van der Waals surface area contributed by atoms with Crippen molar-refractivity contribution < 1.29 is 28.5 Å². The van der Waals surface area contributed by atoms with E-state index in [1.807, 2.05) is 0 Å². The highest BCUT2D eigenvalue weighted by Gasteiger charge is 2.57. The summed E-state index contributed by atoms with van der Waals surface area (Å²) in [5.74, 6) is 0. The van der Waals surface area contributed by atoms with E-state index < -0.39 is 40.0 Å². The second kappa shape index (κ2) is 4.42. The third-order valence-corrected chi connectivity index (χ3v) is 3.08. The molecule has 0 unspecified atom stereocenters. The molecular formula is C7H4Cl4O6. The summed E-state index contributed by atoms with van der Waals surface area (Å²) < 4.78 is 16.7. The Morgan fingerprint density at radius 1 is 0.882 bits per heavy atom. The lowest BCUT2D eigenvalue weighted by atomic mass is 10.1. The number of alkyl halides is 4. The molecule has 0 saturated carbocycles. The van der Waals surface area contributed by atoms with Gasteiger partial charge in [0.1, 0.15) is 0 Å². The van der Waals surface area contributed by atoms with E-state index in [2.05, 4.69) is 9.47 Å². The molecule has 0 aliphatic carbocycles. The second-order valence-electron chi connectivity index (χ2n) is 3.21. The fourth-order valence-corrected chi connectivity index (χ4v) is 2.21. The molecule has 0 radical (unpaired) electrons. The zero-order valence-electron chi connectivity index (χ0n) is 7.77. The first-order valence-electron chi connectivity index (χ1n) is 4.24. The predicted octanol–water partition coefficient (Wildman–Crippen LogP) is 2.36. The van der Waals surface area contributed by atoms with Gasteiger partial charge in [-0.05, 0) is 0 Å². The first-order valence-corrected chi connectivity index (χ1v) is 5.81. The Morgan fingerprint density at radius 3 is 1.88 bits per heavy atom. The van der Waals surface area contributed by atoms with Crippen LogP contribution in [0.3, 0.4) is 0 Å². The lowest BCUT2D eigenvalue weighted by Gasteiger charge is -2.24. The highest BCUT2D eigenvalue weighted by Crippen LogP contribution is 2.41. The first-order chi connectivity index (χ1) is 7.79. The topological polar surface area (TPSA) is 71.1 Å². The summed E-state index contributed by atoms with van der Waals surface area (Å²) in [4.78, 5) is 21.9. The zero-order valence-corrected chi connectivity index (χ0v) is 10.8. The van der Waals surface area contributed by atoms with E-state index in [-0.39, 0.29) is 0 Å². The van der Waals surface area contributed by atoms with Gasteiger partial charge in [0, 0.05) is 0 Å². The van der Waals surface area contributed by atoms with Gasteiger partial charge in [-0.3, -0.25) is 0 Å². The van der Waals surface area contributed by atoms with E-state index in [1.165, 1.54) is 0 Å². The van der Waals surface area contributed by atoms with E-state index >= 15 is 0 Å². The number of carbonyl (C=O) groups is 2. The van der Waals surface area contributed by atoms with Crippen LogP contribution in [0.25, 0.3) is 0 Å². The van der Waals surface area contributed by atoms with Crippen LogP contribution in [0.15, 0.2) is 0 Å². The molecule has 0 amide bonds. The van der Waals surface area contributed by atoms with Gasteiger partial charge < -0.3 is 18.9 Å². The maximum Gasteiger partial charge on any atom is 0.510 e. The van der Waals surface area contributed by atoms with Crippen LogP contribution >= 0.6 is 46.4 Å². The number of ether oxygens (including phenoxy) is 4. The average molecular weight is 326 g/mol. The zero-order chi connectivity index (χ0) is 12.8. The van der Waals surface area contributed by atoms with Crippen molar-refractivity contribution in [3.8, 4) is 0 Å². The van der Waals surface area contributed by atoms with Gasteiger partial charge in [0.15, 0.2) is 18.3 Å². The quantitative estimate of drug-likeness (QED) is 0.544. The minimum absolute atomic E-state index is 0.999. The van der Waals surface area contributed by atoms with Gasteiger partial charge in [0.25, 0.3) is 0 Å². The van der Waals surface area contributed by atoms with Crippen LogP contribution in [0.5, 0.6) is 0 Å². The van der Waals surface area contributed by atoms with Crippen LogP contribution in [0, 0.1) is 0 Å². The Balaban J connectivity index is 2.19. The van der Waals surface area contributed by atoms with E-state index in [0.717, 1.165) is 0 Å². The summed E-state index contributed by atoms with van der Waals surface area (Å²) in [6.45, 7) is 0. The summed E-state index contributed by atoms with van der Waals surface area (Å²) in [5, 5.41) is 0. The van der Waals surface area contributed by atoms with Crippen molar-refractivity contribution in [3.63, 3.8) is 0 Å². The fraction of sp³-hybridized carbons (Fsp3) is 0.714. The Labute approximate surface area is 115 Å². The van der Waals surface area contributed by atoms with Crippen molar-refractivity contribution in [2.75, 3.05) is 0 Å². The van der Waals surface area contributed by atoms with Crippen molar-refractivity contribution in [3.05, 3.63) is 0 Å². The molecular weight excluding hydrogens is 322 g/mol. The van der Waals surface area contributed by atoms with Crippen LogP contribution in [0.4, 0.5) is 9.59 Å². The number of halogens is 4. The molecule has 2 heterocycles. The molecule has 0 spiro atoms. The maximum atomic E-state index is 11.0. The maximum absolute atomic E-state index is 11.0. The van der Waals surface area contributed by atoms with Crippen LogP contribution in [-0.4, -0.2) is 40.0 Å². The molecule has 0 aromatic heterocycles. The van der Waals surface area contributed by atoms with Crippen molar-refractivity contribution in [2.24, 2.45) is 0 Å². The van der Waals surface area contributed by atoms with Gasteiger partial charge in [0.05, 0.1) is 0 Å². The van der Waals surface area contributed by atoms with E-state index in [0.29, 0.717) is 0 Å². The molecule has 0 aromatic rings. The Kier molecular flexibility index (Phi) is 3.42. The third kappa shape index (κ3) is 2.59. The molecule has 2 saturated heterocycles. The lowest BCUT2D eigenvalue weighted by molar-refractivity contribution is 0.0221. The van der Waals surface area contributed by atoms with Crippen LogP contribution < -0.4 is 0 Å². The monoisotopic (exact) mass is 324 g/mol. The van der Waals surface area contributed by atoms with Crippen molar-refractivity contribution >= 4 is 58.7 Å². The van der Waals surface area contributed by atoms with Gasteiger partial charge in [0.2, 0.25) is 9.36 Å². The van der Waals surface area contributed by atoms with Gasteiger partial charge in [-0.15, -0.1) is 0 Å². The van der Waals surface area contributed by atoms with E-state index in [1.54, 1.807) is 0 Å². The number of hydrogen-bond donors (Lipinski definition) is 0. The summed E-state index contributed by atoms with van der Waals surface area (Å²) in [6, 6.07) is 0. The molecule has 6 nitrogen and oxygen atoms in total. The molecule has 10 heteroatoms. The van der Waals surface area contributed by atoms with Crippen LogP contribution in [0.2, 0.25) is 0 Å². The molecule has 4 atom stereocenters. The number of cyclic esters (lactones) is 4. The minimum Gasteiger partial charge on any atom is -0.423 e. The van der Waals surface area contributed by atoms with Gasteiger partial charge in [-0.25, -0.2) is 9.59 Å². The van der Waals surface area contributed by atoms with Crippen LogP contribution in [-0.2, 0) is 18.9 Å². The molecule has 2 fully saturated rings. The molecule has 2 aliphatic rings. The Morgan fingerprint density at radius 2 is 1.41 bits per heavy atom. The molecule has 0 aromatic carbocycles. The van der Waals surface area contributed by atoms with Crippen molar-refractivity contribution in [1.29, 1.82) is 0 Å². The Hall–Kier alpha value is -0.300. The van der Waals surface area contributed by atoms with Crippen molar-refractivity contribution in [1.82, 2.24) is 0 Å². The number of rotatable bonds is 1. The van der Waals surface area contributed by atoms with Gasteiger partial charge in [-0.2, -0.15) is 0 Å². The van der Waals surface area contributed by atoms with Crippen molar-refractivity contribution in [2.45, 2.75) is 27.7 Å². The molecule has 2 rings (SSSR count). The van der Waals surface area contributed by atoms with Crippen LogP contribution in [0.1, 0.15) is 0 Å². The van der Waals surface area contributed by atoms with E-state index in [9.17, 15) is 9.59 Å². The predicted molar refractivity (Wildman–Crippen MR) is 56.4 cm³/mol. The van der Waals surface area contributed by atoms with E-state index in [4.69, 9.17) is 55.9 Å². The number of carbonyl (C=O) groups excluding carboxylic acids is 2. The number of hydrogen-bond acceptors (Lipinski definition) is 6. The molecule has 0 N–H and O–H groups in total. The molecule has 0 bridgehead atoms. The summed E-state index contributed by atoms with van der Waals surface area (Å²) in [6.07, 6.45) is -5.54. The lowest BCUT2D eigenvalue weighted by Crippen LogP contribution is -2.45. The highest BCUT2D eigenvalue weighted by atomic mass is 35.6. The van der Waals surface area contributed by atoms with Gasteiger partial charge >= 0.3 is 12.3 Å². The normalized spacial score (nSPS) is 37.2. The third-order valence-electron chi connectivity index (χ3n) is 2.10. The smallest absolute Gasteiger partial charge is 0.423 e. The Bertz CT molecular complexity index is 355. The van der Waals surface area contributed by atoms with Gasteiger partial charge in [-0.1, -0.05) is 46.4 Å². The summed E-state index contributed by atoms with van der Waals surface area (Å²) in [7, 11) is 0. The minimum atomic E-state index is -1.94. The summed E-state index contributed by atoms with van der Waals surface area (Å²) in [5.41, 5.74) is -1.16.